The molecule has 3 aromatic rings. The van der Waals surface area contributed by atoms with Gasteiger partial charge in [0.2, 0.25) is 0 Å². The lowest BCUT2D eigenvalue weighted by Gasteiger charge is -2.57. The van der Waals surface area contributed by atoms with Crippen molar-refractivity contribution in [1.82, 2.24) is 19.7 Å². The normalized spacial score (nSPS) is 31.5. The molecule has 5 nitrogen and oxygen atoms in total. The molecule has 7 rings (SSSR count). The van der Waals surface area contributed by atoms with Crippen LogP contribution in [0.2, 0.25) is 0 Å². The van der Waals surface area contributed by atoms with Crippen molar-refractivity contribution in [1.29, 1.82) is 0 Å². The molecule has 2 heterocycles. The summed E-state index contributed by atoms with van der Waals surface area (Å²) in [5.74, 6) is 3.26. The summed E-state index contributed by atoms with van der Waals surface area (Å²) in [7, 11) is 0. The summed E-state index contributed by atoms with van der Waals surface area (Å²) in [5, 5.41) is 9.27. The van der Waals surface area contributed by atoms with Gasteiger partial charge in [-0.15, -0.1) is 0 Å². The number of hydrogen-bond acceptors (Lipinski definition) is 4. The van der Waals surface area contributed by atoms with Crippen LogP contribution in [-0.4, -0.2) is 25.3 Å². The van der Waals surface area contributed by atoms with Crippen LogP contribution in [0.4, 0.5) is 10.2 Å². The second kappa shape index (κ2) is 5.50. The summed E-state index contributed by atoms with van der Waals surface area (Å²) in [6, 6.07) is 6.32. The van der Waals surface area contributed by atoms with Crippen LogP contribution >= 0.6 is 0 Å². The Morgan fingerprint density at radius 3 is 2.30 bits per heavy atom. The predicted octanol–water partition coefficient (Wildman–Crippen LogP) is 4.34. The molecular formula is C21H22FN5. The summed E-state index contributed by atoms with van der Waals surface area (Å²) in [6.07, 6.45) is 11.5. The fraction of sp³-hybridized carbons (Fsp3) is 0.476. The molecule has 2 aromatic heterocycles. The summed E-state index contributed by atoms with van der Waals surface area (Å²) in [4.78, 5) is 9.02. The van der Waals surface area contributed by atoms with Gasteiger partial charge in [-0.2, -0.15) is 5.10 Å². The second-order valence-corrected chi connectivity index (χ2v) is 8.82. The Hall–Kier alpha value is -2.50. The molecule has 1 N–H and O–H groups in total. The first-order valence-electron chi connectivity index (χ1n) is 9.90. The van der Waals surface area contributed by atoms with E-state index in [4.69, 9.17) is 0 Å². The van der Waals surface area contributed by atoms with E-state index in [2.05, 4.69) is 20.4 Å². The molecule has 0 saturated heterocycles. The lowest BCUT2D eigenvalue weighted by molar-refractivity contribution is 0.0106. The number of nitrogens with zero attached hydrogens (tertiary/aromatic N) is 4. The quantitative estimate of drug-likeness (QED) is 0.752. The Morgan fingerprint density at radius 1 is 0.963 bits per heavy atom. The van der Waals surface area contributed by atoms with Crippen molar-refractivity contribution in [2.24, 2.45) is 17.8 Å². The number of fused-ring (bicyclic) bond motifs is 1. The van der Waals surface area contributed by atoms with Crippen molar-refractivity contribution in [3.8, 4) is 5.69 Å². The molecule has 138 valence electrons. The van der Waals surface area contributed by atoms with E-state index in [1.807, 2.05) is 6.20 Å². The van der Waals surface area contributed by atoms with Crippen molar-refractivity contribution in [3.05, 3.63) is 42.6 Å². The van der Waals surface area contributed by atoms with Crippen molar-refractivity contribution in [2.75, 3.05) is 5.32 Å². The maximum atomic E-state index is 13.3. The SMILES string of the molecule is Fc1ccc(-n2ncc3c(NC45CC6CC(CC(C6)C4)C5)ncnc32)cc1. The number of halogens is 1. The Bertz CT molecular complexity index is 974. The summed E-state index contributed by atoms with van der Waals surface area (Å²) >= 11 is 0. The van der Waals surface area contributed by atoms with E-state index in [1.165, 1.54) is 50.7 Å². The van der Waals surface area contributed by atoms with Gasteiger partial charge in [0, 0.05) is 5.54 Å². The molecule has 4 bridgehead atoms. The van der Waals surface area contributed by atoms with Crippen LogP contribution in [0.3, 0.4) is 0 Å². The van der Waals surface area contributed by atoms with E-state index in [0.29, 0.717) is 0 Å². The van der Waals surface area contributed by atoms with Gasteiger partial charge in [-0.05, 0) is 80.5 Å². The number of rotatable bonds is 3. The van der Waals surface area contributed by atoms with E-state index in [1.54, 1.807) is 23.1 Å². The Labute approximate surface area is 157 Å². The molecule has 0 amide bonds. The smallest absolute Gasteiger partial charge is 0.168 e. The lowest BCUT2D eigenvalue weighted by Crippen LogP contribution is -2.54. The van der Waals surface area contributed by atoms with Gasteiger partial charge in [-0.25, -0.2) is 19.0 Å². The van der Waals surface area contributed by atoms with Crippen LogP contribution in [0, 0.1) is 23.6 Å². The molecule has 1 aromatic carbocycles. The van der Waals surface area contributed by atoms with E-state index in [-0.39, 0.29) is 11.4 Å². The van der Waals surface area contributed by atoms with E-state index in [0.717, 1.165) is 40.3 Å². The highest BCUT2D eigenvalue weighted by Gasteiger charge is 2.51. The molecule has 0 spiro atoms. The number of hydrogen-bond donors (Lipinski definition) is 1. The van der Waals surface area contributed by atoms with E-state index in [9.17, 15) is 4.39 Å². The minimum atomic E-state index is -0.256. The zero-order valence-electron chi connectivity index (χ0n) is 15.1. The average molecular weight is 363 g/mol. The molecule has 4 aliphatic carbocycles. The van der Waals surface area contributed by atoms with Crippen molar-refractivity contribution >= 4 is 16.9 Å². The van der Waals surface area contributed by atoms with Gasteiger partial charge < -0.3 is 5.32 Å². The molecule has 4 fully saturated rings. The summed E-state index contributed by atoms with van der Waals surface area (Å²) in [5.41, 5.74) is 1.74. The fourth-order valence-corrected chi connectivity index (χ4v) is 6.23. The highest BCUT2D eigenvalue weighted by atomic mass is 19.1. The molecule has 4 aliphatic rings. The summed E-state index contributed by atoms with van der Waals surface area (Å²) in [6.45, 7) is 0. The van der Waals surface area contributed by atoms with Crippen LogP contribution in [0.5, 0.6) is 0 Å². The Balaban J connectivity index is 1.38. The molecule has 0 atom stereocenters. The second-order valence-electron chi connectivity index (χ2n) is 8.82. The third-order valence-electron chi connectivity index (χ3n) is 6.86. The van der Waals surface area contributed by atoms with Crippen LogP contribution < -0.4 is 5.32 Å². The van der Waals surface area contributed by atoms with E-state index >= 15 is 0 Å². The molecule has 0 aliphatic heterocycles. The van der Waals surface area contributed by atoms with Gasteiger partial charge in [-0.1, -0.05) is 0 Å². The average Bonchev–Trinajstić information content (AvgIpc) is 3.06. The van der Waals surface area contributed by atoms with Gasteiger partial charge in [-0.3, -0.25) is 0 Å². The topological polar surface area (TPSA) is 55.6 Å². The van der Waals surface area contributed by atoms with Gasteiger partial charge in [0.05, 0.1) is 17.3 Å². The fourth-order valence-electron chi connectivity index (χ4n) is 6.23. The Kier molecular flexibility index (Phi) is 3.17. The third-order valence-corrected chi connectivity index (χ3v) is 6.86. The number of benzene rings is 1. The van der Waals surface area contributed by atoms with Crippen LogP contribution in [0.25, 0.3) is 16.7 Å². The van der Waals surface area contributed by atoms with Crippen molar-refractivity contribution in [3.63, 3.8) is 0 Å². The first-order valence-corrected chi connectivity index (χ1v) is 9.90. The van der Waals surface area contributed by atoms with E-state index < -0.39 is 0 Å². The minimum Gasteiger partial charge on any atom is -0.364 e. The van der Waals surface area contributed by atoms with Gasteiger partial charge in [0.25, 0.3) is 0 Å². The maximum absolute atomic E-state index is 13.3. The molecule has 4 saturated carbocycles. The standard InChI is InChI=1S/C21H22FN5/c22-16-1-3-17(4-2-16)27-20-18(11-25-27)19(23-12-24-20)26-21-8-13-5-14(9-21)7-15(6-13)10-21/h1-4,11-15H,5-10H2,(H,23,24,26). The molecular weight excluding hydrogens is 341 g/mol. The minimum absolute atomic E-state index is 0.189. The molecule has 0 unspecified atom stereocenters. The van der Waals surface area contributed by atoms with Gasteiger partial charge >= 0.3 is 0 Å². The molecule has 0 radical (unpaired) electrons. The molecule has 27 heavy (non-hydrogen) atoms. The number of nitrogens with one attached hydrogen (secondary N) is 1. The van der Waals surface area contributed by atoms with Crippen molar-refractivity contribution < 1.29 is 4.39 Å². The summed E-state index contributed by atoms with van der Waals surface area (Å²) < 4.78 is 15.0. The lowest BCUT2D eigenvalue weighted by atomic mass is 9.53. The zero-order valence-corrected chi connectivity index (χ0v) is 15.1. The highest BCUT2D eigenvalue weighted by Crippen LogP contribution is 2.56. The number of anilines is 1. The van der Waals surface area contributed by atoms with Gasteiger partial charge in [0.1, 0.15) is 18.0 Å². The third kappa shape index (κ3) is 2.46. The predicted molar refractivity (Wildman–Crippen MR) is 101 cm³/mol. The number of aromatic nitrogens is 4. The zero-order chi connectivity index (χ0) is 18.0. The maximum Gasteiger partial charge on any atom is 0.168 e. The Morgan fingerprint density at radius 2 is 1.63 bits per heavy atom. The first-order chi connectivity index (χ1) is 13.2. The highest BCUT2D eigenvalue weighted by molar-refractivity contribution is 5.87. The molecule has 6 heteroatoms. The van der Waals surface area contributed by atoms with Crippen molar-refractivity contribution in [2.45, 2.75) is 44.1 Å². The largest absolute Gasteiger partial charge is 0.364 e. The van der Waals surface area contributed by atoms with Crippen LogP contribution in [0.15, 0.2) is 36.8 Å². The van der Waals surface area contributed by atoms with Crippen LogP contribution in [0.1, 0.15) is 38.5 Å². The van der Waals surface area contributed by atoms with Gasteiger partial charge in [0.15, 0.2) is 5.65 Å². The monoisotopic (exact) mass is 363 g/mol. The first kappa shape index (κ1) is 15.5. The van der Waals surface area contributed by atoms with Crippen LogP contribution in [-0.2, 0) is 0 Å².